The molecule has 1 fully saturated rings. The van der Waals surface area contributed by atoms with Gasteiger partial charge >= 0.3 is 0 Å². The van der Waals surface area contributed by atoms with Crippen molar-refractivity contribution in [3.63, 3.8) is 0 Å². The smallest absolute Gasteiger partial charge is 0.123 e. The molecule has 1 saturated heterocycles. The van der Waals surface area contributed by atoms with Crippen LogP contribution in [0.25, 0.3) is 0 Å². The van der Waals surface area contributed by atoms with E-state index in [0.717, 1.165) is 37.1 Å². The number of piperidine rings is 1. The van der Waals surface area contributed by atoms with Gasteiger partial charge in [-0.1, -0.05) is 11.6 Å². The summed E-state index contributed by atoms with van der Waals surface area (Å²) in [6.07, 6.45) is 2.19. The lowest BCUT2D eigenvalue weighted by Crippen LogP contribution is -2.44. The third-order valence-corrected chi connectivity index (χ3v) is 4.53. The van der Waals surface area contributed by atoms with Gasteiger partial charge in [-0.2, -0.15) is 0 Å². The largest absolute Gasteiger partial charge is 0.507 e. The van der Waals surface area contributed by atoms with Crippen molar-refractivity contribution in [2.75, 3.05) is 33.3 Å². The first kappa shape index (κ1) is 16.6. The second-order valence-electron chi connectivity index (χ2n) is 5.96. The van der Waals surface area contributed by atoms with Crippen molar-refractivity contribution in [3.8, 4) is 5.75 Å². The molecule has 2 rings (SSSR count). The standard InChI is InChI=1S/C16H25ClN2O2/c1-12-9-14(17)10-13(16(12)21)11-19(7-8-20)15-3-5-18(2)6-4-15/h9-10,15,20-21H,3-8,11H2,1-2H3. The van der Waals surface area contributed by atoms with E-state index in [9.17, 15) is 10.2 Å². The molecule has 0 bridgehead atoms. The second-order valence-corrected chi connectivity index (χ2v) is 6.40. The molecule has 0 amide bonds. The van der Waals surface area contributed by atoms with Gasteiger partial charge in [0.1, 0.15) is 5.75 Å². The van der Waals surface area contributed by atoms with Crippen LogP contribution in [0.3, 0.4) is 0 Å². The molecular weight excluding hydrogens is 288 g/mol. The monoisotopic (exact) mass is 312 g/mol. The Bertz CT molecular complexity index is 474. The quantitative estimate of drug-likeness (QED) is 0.875. The van der Waals surface area contributed by atoms with Gasteiger partial charge < -0.3 is 15.1 Å². The Kier molecular flexibility index (Phi) is 5.88. The lowest BCUT2D eigenvalue weighted by atomic mass is 10.0. The lowest BCUT2D eigenvalue weighted by Gasteiger charge is -2.37. The molecule has 0 unspecified atom stereocenters. The third kappa shape index (κ3) is 4.33. The van der Waals surface area contributed by atoms with Crippen molar-refractivity contribution in [2.24, 2.45) is 0 Å². The van der Waals surface area contributed by atoms with Crippen LogP contribution in [0.15, 0.2) is 12.1 Å². The molecule has 0 atom stereocenters. The van der Waals surface area contributed by atoms with Crippen molar-refractivity contribution in [2.45, 2.75) is 32.4 Å². The van der Waals surface area contributed by atoms with Gasteiger partial charge in [0, 0.05) is 29.7 Å². The first-order valence-corrected chi connectivity index (χ1v) is 7.90. The van der Waals surface area contributed by atoms with Gasteiger partial charge in [0.15, 0.2) is 0 Å². The molecule has 1 aromatic carbocycles. The Hall–Kier alpha value is -0.810. The molecule has 4 nitrogen and oxygen atoms in total. The Balaban J connectivity index is 2.12. The SMILES string of the molecule is Cc1cc(Cl)cc(CN(CCO)C2CCN(C)CC2)c1O. The first-order chi connectivity index (χ1) is 10.0. The van der Waals surface area contributed by atoms with E-state index in [1.807, 2.05) is 13.0 Å². The molecule has 0 saturated carbocycles. The predicted molar refractivity (Wildman–Crippen MR) is 85.9 cm³/mol. The van der Waals surface area contributed by atoms with Gasteiger partial charge in [0.05, 0.1) is 6.61 Å². The minimum absolute atomic E-state index is 0.132. The zero-order valence-corrected chi connectivity index (χ0v) is 13.6. The number of aliphatic hydroxyl groups is 1. The fourth-order valence-electron chi connectivity index (χ4n) is 3.02. The van der Waals surface area contributed by atoms with Gasteiger partial charge in [-0.15, -0.1) is 0 Å². The van der Waals surface area contributed by atoms with Crippen LogP contribution in [0.2, 0.25) is 5.02 Å². The minimum Gasteiger partial charge on any atom is -0.507 e. The first-order valence-electron chi connectivity index (χ1n) is 7.52. The van der Waals surface area contributed by atoms with Crippen LogP contribution in [-0.2, 0) is 6.54 Å². The van der Waals surface area contributed by atoms with Crippen LogP contribution >= 0.6 is 11.6 Å². The van der Waals surface area contributed by atoms with Crippen molar-refractivity contribution < 1.29 is 10.2 Å². The molecule has 0 spiro atoms. The fraction of sp³-hybridized carbons (Fsp3) is 0.625. The van der Waals surface area contributed by atoms with Gasteiger partial charge in [0.25, 0.3) is 0 Å². The van der Waals surface area contributed by atoms with Crippen LogP contribution in [0.1, 0.15) is 24.0 Å². The lowest BCUT2D eigenvalue weighted by molar-refractivity contribution is 0.0934. The number of hydrogen-bond donors (Lipinski definition) is 2. The highest BCUT2D eigenvalue weighted by molar-refractivity contribution is 6.30. The number of aryl methyl sites for hydroxylation is 1. The highest BCUT2D eigenvalue weighted by Crippen LogP contribution is 2.29. The van der Waals surface area contributed by atoms with Crippen molar-refractivity contribution >= 4 is 11.6 Å². The topological polar surface area (TPSA) is 46.9 Å². The van der Waals surface area contributed by atoms with E-state index in [1.165, 1.54) is 0 Å². The number of phenols is 1. The number of benzene rings is 1. The summed E-state index contributed by atoms with van der Waals surface area (Å²) < 4.78 is 0. The number of rotatable bonds is 5. The Labute approximate surface area is 131 Å². The highest BCUT2D eigenvalue weighted by atomic mass is 35.5. The van der Waals surface area contributed by atoms with E-state index in [0.29, 0.717) is 29.9 Å². The molecule has 1 aliphatic heterocycles. The second kappa shape index (κ2) is 7.45. The zero-order valence-electron chi connectivity index (χ0n) is 12.8. The van der Waals surface area contributed by atoms with E-state index in [4.69, 9.17) is 11.6 Å². The molecule has 0 aromatic heterocycles. The predicted octanol–water partition coefficient (Wildman–Crippen LogP) is 2.24. The minimum atomic E-state index is 0.132. The molecule has 1 aromatic rings. The summed E-state index contributed by atoms with van der Waals surface area (Å²) in [5.74, 6) is 0.315. The average Bonchev–Trinajstić information content (AvgIpc) is 2.44. The summed E-state index contributed by atoms with van der Waals surface area (Å²) in [5.41, 5.74) is 1.64. The third-order valence-electron chi connectivity index (χ3n) is 4.31. The summed E-state index contributed by atoms with van der Waals surface area (Å²) in [5, 5.41) is 20.2. The maximum absolute atomic E-state index is 10.2. The molecule has 5 heteroatoms. The van der Waals surface area contributed by atoms with Gasteiger partial charge in [-0.25, -0.2) is 0 Å². The maximum atomic E-state index is 10.2. The normalized spacial score (nSPS) is 17.6. The average molecular weight is 313 g/mol. The highest BCUT2D eigenvalue weighted by Gasteiger charge is 2.24. The molecule has 2 N–H and O–H groups in total. The number of likely N-dealkylation sites (tertiary alicyclic amines) is 1. The summed E-state index contributed by atoms with van der Waals surface area (Å²) >= 11 is 6.10. The van der Waals surface area contributed by atoms with Crippen molar-refractivity contribution in [3.05, 3.63) is 28.3 Å². The van der Waals surface area contributed by atoms with Crippen molar-refractivity contribution in [1.29, 1.82) is 0 Å². The van der Waals surface area contributed by atoms with E-state index >= 15 is 0 Å². The van der Waals surface area contributed by atoms with Crippen molar-refractivity contribution in [1.82, 2.24) is 9.80 Å². The van der Waals surface area contributed by atoms with Crippen LogP contribution in [0, 0.1) is 6.92 Å². The molecule has 0 aliphatic carbocycles. The number of nitrogens with zero attached hydrogens (tertiary/aromatic N) is 2. The molecule has 1 aliphatic rings. The summed E-state index contributed by atoms with van der Waals surface area (Å²) in [4.78, 5) is 4.59. The van der Waals surface area contributed by atoms with Crippen LogP contribution in [-0.4, -0.2) is 59.3 Å². The molecule has 21 heavy (non-hydrogen) atoms. The Morgan fingerprint density at radius 2 is 2.00 bits per heavy atom. The number of aliphatic hydroxyl groups excluding tert-OH is 1. The van der Waals surface area contributed by atoms with Gasteiger partial charge in [-0.3, -0.25) is 4.90 Å². The van der Waals surface area contributed by atoms with Gasteiger partial charge in [-0.05, 0) is 57.6 Å². The molecule has 0 radical (unpaired) electrons. The van der Waals surface area contributed by atoms with E-state index in [-0.39, 0.29) is 6.61 Å². The molecule has 1 heterocycles. The van der Waals surface area contributed by atoms with Crippen LogP contribution in [0.4, 0.5) is 0 Å². The Morgan fingerprint density at radius 3 is 2.62 bits per heavy atom. The fourth-order valence-corrected chi connectivity index (χ4v) is 3.32. The number of phenolic OH excluding ortho intramolecular Hbond substituents is 1. The summed E-state index contributed by atoms with van der Waals surface area (Å²) in [7, 11) is 2.14. The molecule has 118 valence electrons. The summed E-state index contributed by atoms with van der Waals surface area (Å²) in [6.45, 7) is 5.39. The number of hydrogen-bond acceptors (Lipinski definition) is 4. The maximum Gasteiger partial charge on any atom is 0.123 e. The zero-order chi connectivity index (χ0) is 15.4. The van der Waals surface area contributed by atoms with Crippen LogP contribution < -0.4 is 0 Å². The molecular formula is C16H25ClN2O2. The number of aromatic hydroxyl groups is 1. The van der Waals surface area contributed by atoms with E-state index in [2.05, 4.69) is 16.8 Å². The Morgan fingerprint density at radius 1 is 1.33 bits per heavy atom. The van der Waals surface area contributed by atoms with E-state index < -0.39 is 0 Å². The number of halogens is 1. The summed E-state index contributed by atoms with van der Waals surface area (Å²) in [6, 6.07) is 4.04. The van der Waals surface area contributed by atoms with Gasteiger partial charge in [0.2, 0.25) is 0 Å². The van der Waals surface area contributed by atoms with E-state index in [1.54, 1.807) is 6.07 Å². The van der Waals surface area contributed by atoms with Crippen LogP contribution in [0.5, 0.6) is 5.75 Å².